The number of imidazole rings is 2. The normalized spacial score (nSPS) is 26.1. The van der Waals surface area contributed by atoms with Crippen molar-refractivity contribution < 1.29 is 36.6 Å². The lowest BCUT2D eigenvalue weighted by Gasteiger charge is -2.43. The summed E-state index contributed by atoms with van der Waals surface area (Å²) in [4.78, 5) is 51.3. The molecule has 73 heavy (non-hydrogen) atoms. The maximum atomic E-state index is 17.3. The molecule has 5 aromatic rings. The zero-order chi connectivity index (χ0) is 50.9. The van der Waals surface area contributed by atoms with Crippen LogP contribution in [-0.4, -0.2) is 94.2 Å². The molecule has 2 N–H and O–H groups in total. The number of aromatic amines is 2. The standard InChI is InChI=1S/C57H70F4N8O4/c1-33-24-50(38-29-44-46(31-40(38)58)64-54(62-44)48-8-6-16-67(48)51(70)25-34-12-20-72-21-13-34)69(37-27-42(60)53(43(61)28-37)66-18-10-36(11-19-66)56(2,3)4)57(33,5)39-30-45-47(32-41(39)59)65-55(63-45)49-9-7-17-68(49)52(71)26-35-14-22-73-23-15-35/h25-36,48-50H,6-24H2,1-5H3,(H,62,64)(H,63,65)/t33?,48?,49?,50-,57+/m1/s1. The molecule has 0 bridgehead atoms. The van der Waals surface area contributed by atoms with E-state index in [2.05, 4.69) is 30.7 Å². The van der Waals surface area contributed by atoms with Crippen molar-refractivity contribution in [3.8, 4) is 0 Å². The van der Waals surface area contributed by atoms with E-state index in [-0.39, 0.29) is 69.6 Å². The minimum Gasteiger partial charge on any atom is -0.381 e. The van der Waals surface area contributed by atoms with Crippen molar-refractivity contribution in [3.63, 3.8) is 0 Å². The molecule has 3 aromatic carbocycles. The molecular weight excluding hydrogens is 937 g/mol. The van der Waals surface area contributed by atoms with Crippen molar-refractivity contribution in [2.75, 3.05) is 62.4 Å². The second-order valence-corrected chi connectivity index (χ2v) is 23.2. The van der Waals surface area contributed by atoms with Crippen LogP contribution < -0.4 is 9.80 Å². The van der Waals surface area contributed by atoms with Crippen LogP contribution in [0.1, 0.15) is 146 Å². The Labute approximate surface area is 425 Å². The van der Waals surface area contributed by atoms with Crippen LogP contribution in [0.5, 0.6) is 0 Å². The first-order valence-corrected chi connectivity index (χ1v) is 26.9. The fourth-order valence-electron chi connectivity index (χ4n) is 13.4. The van der Waals surface area contributed by atoms with Crippen LogP contribution in [0.3, 0.4) is 0 Å². The van der Waals surface area contributed by atoms with Gasteiger partial charge in [-0.1, -0.05) is 27.7 Å². The van der Waals surface area contributed by atoms with E-state index in [1.807, 2.05) is 41.4 Å². The maximum Gasteiger partial charge on any atom is 0.227 e. The Kier molecular flexibility index (Phi) is 13.6. The zero-order valence-corrected chi connectivity index (χ0v) is 42.9. The smallest absolute Gasteiger partial charge is 0.227 e. The van der Waals surface area contributed by atoms with Crippen molar-refractivity contribution in [3.05, 3.63) is 95.3 Å². The Morgan fingerprint density at radius 3 is 1.68 bits per heavy atom. The lowest BCUT2D eigenvalue weighted by Crippen LogP contribution is -2.44. The Balaban J connectivity index is 0.952. The monoisotopic (exact) mass is 1010 g/mol. The summed E-state index contributed by atoms with van der Waals surface area (Å²) in [6.45, 7) is 15.1. The number of hydrogen-bond donors (Lipinski definition) is 2. The van der Waals surface area contributed by atoms with Gasteiger partial charge in [-0.2, -0.15) is 0 Å². The first-order valence-electron chi connectivity index (χ1n) is 26.9. The highest BCUT2D eigenvalue weighted by atomic mass is 19.1. The number of ether oxygens (including phenoxy) is 2. The highest BCUT2D eigenvalue weighted by Gasteiger charge is 2.52. The number of halogens is 4. The molecule has 6 saturated heterocycles. The quantitative estimate of drug-likeness (QED) is 0.133. The maximum absolute atomic E-state index is 17.3. The number of piperidine rings is 1. The van der Waals surface area contributed by atoms with Crippen molar-refractivity contribution in [2.24, 2.45) is 29.1 Å². The predicted octanol–water partition coefficient (Wildman–Crippen LogP) is 11.3. The Hall–Kier alpha value is -5.22. The molecule has 0 aliphatic carbocycles. The number of nitrogens with one attached hydrogen (secondary N) is 2. The van der Waals surface area contributed by atoms with Gasteiger partial charge in [-0.05, 0) is 143 Å². The van der Waals surface area contributed by atoms with Gasteiger partial charge in [0.25, 0.3) is 0 Å². The summed E-state index contributed by atoms with van der Waals surface area (Å²) in [6, 6.07) is 7.45. The Bertz CT molecular complexity index is 2840. The van der Waals surface area contributed by atoms with Gasteiger partial charge in [-0.25, -0.2) is 27.5 Å². The summed E-state index contributed by atoms with van der Waals surface area (Å²) in [5.74, 6) is -1.17. The number of fused-ring (bicyclic) bond motifs is 2. The number of carbonyl (C=O) groups is 2. The van der Waals surface area contributed by atoms with Crippen LogP contribution in [0.2, 0.25) is 0 Å². The number of benzene rings is 3. The Morgan fingerprint density at radius 2 is 1.16 bits per heavy atom. The van der Waals surface area contributed by atoms with Crippen LogP contribution in [0, 0.1) is 65.2 Å². The van der Waals surface area contributed by atoms with Crippen molar-refractivity contribution in [1.82, 2.24) is 29.7 Å². The number of likely N-dealkylation sites (tertiary alicyclic amines) is 2. The Morgan fingerprint density at radius 1 is 0.658 bits per heavy atom. The number of anilines is 2. The van der Waals surface area contributed by atoms with E-state index in [0.717, 1.165) is 51.4 Å². The van der Waals surface area contributed by atoms with Gasteiger partial charge in [0.2, 0.25) is 11.8 Å². The van der Waals surface area contributed by atoms with E-state index in [1.165, 1.54) is 24.3 Å². The number of amides is 2. The van der Waals surface area contributed by atoms with Gasteiger partial charge in [-0.3, -0.25) is 9.59 Å². The average molecular weight is 1010 g/mol. The van der Waals surface area contributed by atoms with E-state index in [1.54, 1.807) is 17.0 Å². The number of hydrogen-bond acceptors (Lipinski definition) is 8. The van der Waals surface area contributed by atoms with E-state index in [0.29, 0.717) is 112 Å². The molecule has 8 heterocycles. The molecule has 6 aliphatic heterocycles. The topological polar surface area (TPSA) is 123 Å². The SMILES string of the molecule is CC1C[C@H](c2cc3nc(C4CCCN4C(=O)[CH]C4CCOCC4)[nH]c3cc2F)N(c2cc(F)c(N3CCC(C(C)(C)C)CC3)c(F)c2)[C@]1(C)c1cc2nc(C3CCCN3C(=O)[CH]C3CCOCC3)[nH]c2cc1F. The fraction of sp³-hybridized carbons (Fsp3) is 0.579. The summed E-state index contributed by atoms with van der Waals surface area (Å²) < 4.78 is 79.2. The molecule has 390 valence electrons. The highest BCUT2D eigenvalue weighted by Crippen LogP contribution is 2.56. The minimum atomic E-state index is -1.29. The summed E-state index contributed by atoms with van der Waals surface area (Å²) >= 11 is 0. The molecule has 2 amide bonds. The average Bonchev–Trinajstić information content (AvgIpc) is 4.22. The lowest BCUT2D eigenvalue weighted by atomic mass is 9.75. The molecular formula is C57H70F4N8O4. The fourth-order valence-corrected chi connectivity index (χ4v) is 13.4. The predicted molar refractivity (Wildman–Crippen MR) is 272 cm³/mol. The van der Waals surface area contributed by atoms with E-state index in [4.69, 9.17) is 19.4 Å². The van der Waals surface area contributed by atoms with Crippen LogP contribution in [-0.2, 0) is 24.6 Å². The number of H-pyrrole nitrogens is 2. The summed E-state index contributed by atoms with van der Waals surface area (Å²) in [5, 5.41) is 0. The van der Waals surface area contributed by atoms with Crippen LogP contribution in [0.4, 0.5) is 28.9 Å². The van der Waals surface area contributed by atoms with Crippen molar-refractivity contribution in [1.29, 1.82) is 0 Å². The van der Waals surface area contributed by atoms with Gasteiger partial charge >= 0.3 is 0 Å². The van der Waals surface area contributed by atoms with Gasteiger partial charge in [0.05, 0.1) is 58.6 Å². The number of carbonyl (C=O) groups excluding carboxylic acids is 2. The van der Waals surface area contributed by atoms with E-state index < -0.39 is 34.8 Å². The van der Waals surface area contributed by atoms with E-state index in [9.17, 15) is 9.59 Å². The molecule has 6 aliphatic rings. The first kappa shape index (κ1) is 50.0. The zero-order valence-electron chi connectivity index (χ0n) is 42.9. The lowest BCUT2D eigenvalue weighted by molar-refractivity contribution is -0.130. The summed E-state index contributed by atoms with van der Waals surface area (Å²) in [6.07, 6.45) is 11.8. The molecule has 16 heteroatoms. The molecule has 6 fully saturated rings. The second kappa shape index (κ2) is 19.8. The minimum absolute atomic E-state index is 0.0386. The van der Waals surface area contributed by atoms with Gasteiger partial charge in [0.15, 0.2) is 11.6 Å². The summed E-state index contributed by atoms with van der Waals surface area (Å²) in [5.41, 5.74) is 1.28. The third kappa shape index (κ3) is 9.39. The number of rotatable bonds is 10. The number of nitrogens with zero attached hydrogens (tertiary/aromatic N) is 6. The van der Waals surface area contributed by atoms with Gasteiger partial charge in [0, 0.05) is 69.4 Å². The molecule has 11 rings (SSSR count). The second-order valence-electron chi connectivity index (χ2n) is 23.2. The van der Waals surface area contributed by atoms with Crippen molar-refractivity contribution in [2.45, 2.75) is 129 Å². The molecule has 0 saturated carbocycles. The highest BCUT2D eigenvalue weighted by molar-refractivity contribution is 5.87. The van der Waals surface area contributed by atoms with E-state index >= 15 is 17.6 Å². The molecule has 3 unspecified atom stereocenters. The van der Waals surface area contributed by atoms with Crippen LogP contribution in [0.15, 0.2) is 36.4 Å². The van der Waals surface area contributed by atoms with Crippen LogP contribution >= 0.6 is 0 Å². The molecule has 2 aromatic heterocycles. The van der Waals surface area contributed by atoms with Gasteiger partial charge in [-0.15, -0.1) is 0 Å². The largest absolute Gasteiger partial charge is 0.381 e. The van der Waals surface area contributed by atoms with Crippen LogP contribution in [0.25, 0.3) is 22.1 Å². The molecule has 0 spiro atoms. The third-order valence-corrected chi connectivity index (χ3v) is 17.8. The molecule has 5 atom stereocenters. The third-order valence-electron chi connectivity index (χ3n) is 17.8. The van der Waals surface area contributed by atoms with Gasteiger partial charge < -0.3 is 39.0 Å². The first-order chi connectivity index (χ1) is 35.0. The molecule has 12 nitrogen and oxygen atoms in total. The summed E-state index contributed by atoms with van der Waals surface area (Å²) in [7, 11) is 0. The van der Waals surface area contributed by atoms with Crippen molar-refractivity contribution >= 4 is 45.3 Å². The number of aromatic nitrogens is 4. The molecule has 2 radical (unpaired) electrons. The van der Waals surface area contributed by atoms with Gasteiger partial charge in [0.1, 0.15) is 29.0 Å².